The fourth-order valence-corrected chi connectivity index (χ4v) is 2.04. The van der Waals surface area contributed by atoms with Crippen LogP contribution in [-0.4, -0.2) is 26.8 Å². The fourth-order valence-electron chi connectivity index (χ4n) is 2.04. The number of benzene rings is 1. The summed E-state index contributed by atoms with van der Waals surface area (Å²) in [7, 11) is 0. The normalized spacial score (nSPS) is 14.9. The van der Waals surface area contributed by atoms with Gasteiger partial charge in [0.1, 0.15) is 0 Å². The Morgan fingerprint density at radius 1 is 1.12 bits per heavy atom. The lowest BCUT2D eigenvalue weighted by Gasteiger charge is -2.26. The molecule has 0 saturated carbocycles. The Labute approximate surface area is 93.7 Å². The molecule has 0 bridgehead atoms. The zero-order valence-electron chi connectivity index (χ0n) is 8.95. The number of aromatic nitrogens is 4. The van der Waals surface area contributed by atoms with E-state index >= 15 is 0 Å². The first-order valence-corrected chi connectivity index (χ1v) is 5.48. The van der Waals surface area contributed by atoms with E-state index < -0.39 is 0 Å². The number of nitrogens with zero attached hydrogens (tertiary/aromatic N) is 5. The quantitative estimate of drug-likeness (QED) is 0.752. The van der Waals surface area contributed by atoms with Crippen molar-refractivity contribution in [3.8, 4) is 0 Å². The van der Waals surface area contributed by atoms with Gasteiger partial charge in [0.05, 0.1) is 0 Å². The lowest BCUT2D eigenvalue weighted by atomic mass is 10.2. The van der Waals surface area contributed by atoms with Crippen LogP contribution in [0.5, 0.6) is 0 Å². The molecule has 0 radical (unpaired) electrons. The van der Waals surface area contributed by atoms with Gasteiger partial charge in [-0.05, 0) is 22.4 Å². The highest BCUT2D eigenvalue weighted by molar-refractivity contribution is 5.32. The molecule has 5 nitrogen and oxygen atoms in total. The monoisotopic (exact) mass is 215 g/mol. The van der Waals surface area contributed by atoms with Gasteiger partial charge in [-0.2, -0.15) is 0 Å². The van der Waals surface area contributed by atoms with Gasteiger partial charge in [0.15, 0.2) is 0 Å². The summed E-state index contributed by atoms with van der Waals surface area (Å²) in [5.74, 6) is 0.884. The van der Waals surface area contributed by atoms with E-state index in [1.54, 1.807) is 0 Å². The smallest absolute Gasteiger partial charge is 0.245 e. The molecule has 0 aliphatic carbocycles. The average Bonchev–Trinajstić information content (AvgIpc) is 2.80. The van der Waals surface area contributed by atoms with E-state index in [1.807, 2.05) is 10.7 Å². The van der Waals surface area contributed by atoms with Crippen molar-refractivity contribution >= 4 is 5.95 Å². The Kier molecular flexibility index (Phi) is 2.29. The molecule has 2 aromatic rings. The summed E-state index contributed by atoms with van der Waals surface area (Å²) < 4.78 is 1.87. The van der Waals surface area contributed by atoms with Crippen LogP contribution in [0.25, 0.3) is 0 Å². The summed E-state index contributed by atoms with van der Waals surface area (Å²) in [6.07, 6.45) is 1.10. The molecule has 0 N–H and O–H groups in total. The maximum absolute atomic E-state index is 4.06. The first-order valence-electron chi connectivity index (χ1n) is 5.48. The molecule has 1 aromatic carbocycles. The fraction of sp³-hybridized carbons (Fsp3) is 0.364. The van der Waals surface area contributed by atoms with Crippen LogP contribution >= 0.6 is 0 Å². The van der Waals surface area contributed by atoms with Crippen molar-refractivity contribution in [2.24, 2.45) is 0 Å². The predicted octanol–water partition coefficient (Wildman–Crippen LogP) is 1.08. The van der Waals surface area contributed by atoms with Crippen LogP contribution in [0.15, 0.2) is 30.3 Å². The number of tetrazole rings is 1. The summed E-state index contributed by atoms with van der Waals surface area (Å²) in [5, 5.41) is 11.7. The van der Waals surface area contributed by atoms with Crippen molar-refractivity contribution in [1.29, 1.82) is 0 Å². The molecule has 1 aliphatic rings. The third-order valence-corrected chi connectivity index (χ3v) is 2.81. The Balaban J connectivity index is 1.83. The molecule has 0 spiro atoms. The lowest BCUT2D eigenvalue weighted by molar-refractivity contribution is 0.504. The van der Waals surface area contributed by atoms with Crippen LogP contribution in [0.4, 0.5) is 5.95 Å². The van der Waals surface area contributed by atoms with Crippen LogP contribution in [-0.2, 0) is 13.1 Å². The Bertz CT molecular complexity index is 464. The Morgan fingerprint density at radius 2 is 2.00 bits per heavy atom. The number of rotatable bonds is 2. The number of anilines is 1. The van der Waals surface area contributed by atoms with Gasteiger partial charge in [-0.1, -0.05) is 35.4 Å². The molecular weight excluding hydrogens is 202 g/mol. The van der Waals surface area contributed by atoms with E-state index in [0.717, 1.165) is 32.0 Å². The molecule has 0 atom stereocenters. The third kappa shape index (κ3) is 1.64. The number of fused-ring (bicyclic) bond motifs is 1. The first-order chi connectivity index (χ1) is 7.93. The molecule has 16 heavy (non-hydrogen) atoms. The van der Waals surface area contributed by atoms with Crippen LogP contribution < -0.4 is 4.90 Å². The predicted molar refractivity (Wildman–Crippen MR) is 59.9 cm³/mol. The molecular formula is C11H13N5. The van der Waals surface area contributed by atoms with Gasteiger partial charge in [-0.25, -0.2) is 4.68 Å². The maximum atomic E-state index is 4.06. The highest BCUT2D eigenvalue weighted by Crippen LogP contribution is 2.18. The van der Waals surface area contributed by atoms with E-state index in [1.165, 1.54) is 5.56 Å². The largest absolute Gasteiger partial charge is 0.335 e. The van der Waals surface area contributed by atoms with E-state index in [4.69, 9.17) is 0 Å². The van der Waals surface area contributed by atoms with E-state index in [-0.39, 0.29) is 0 Å². The van der Waals surface area contributed by atoms with Crippen molar-refractivity contribution in [2.75, 3.05) is 11.4 Å². The molecule has 5 heteroatoms. The summed E-state index contributed by atoms with van der Waals surface area (Å²) in [6, 6.07) is 10.4. The van der Waals surface area contributed by atoms with Gasteiger partial charge in [-0.15, -0.1) is 0 Å². The molecule has 0 saturated heterocycles. The minimum Gasteiger partial charge on any atom is -0.335 e. The van der Waals surface area contributed by atoms with Crippen LogP contribution in [0.2, 0.25) is 0 Å². The molecule has 82 valence electrons. The van der Waals surface area contributed by atoms with Crippen molar-refractivity contribution in [3.05, 3.63) is 35.9 Å². The van der Waals surface area contributed by atoms with Crippen LogP contribution in [0.1, 0.15) is 12.0 Å². The molecule has 3 rings (SSSR count). The van der Waals surface area contributed by atoms with Crippen molar-refractivity contribution in [1.82, 2.24) is 20.2 Å². The van der Waals surface area contributed by atoms with E-state index in [9.17, 15) is 0 Å². The van der Waals surface area contributed by atoms with Gasteiger partial charge in [0.2, 0.25) is 5.95 Å². The minimum absolute atomic E-state index is 0.876. The summed E-state index contributed by atoms with van der Waals surface area (Å²) in [6.45, 7) is 2.82. The van der Waals surface area contributed by atoms with E-state index in [2.05, 4.69) is 44.7 Å². The topological polar surface area (TPSA) is 46.8 Å². The standard InChI is InChI=1S/C11H13N5/c1-2-5-10(6-3-1)9-15-7-4-8-16-11(15)12-13-14-16/h1-3,5-6H,4,7-9H2. The van der Waals surface area contributed by atoms with Crippen LogP contribution in [0.3, 0.4) is 0 Å². The van der Waals surface area contributed by atoms with Crippen molar-refractivity contribution in [2.45, 2.75) is 19.5 Å². The van der Waals surface area contributed by atoms with Crippen molar-refractivity contribution in [3.63, 3.8) is 0 Å². The Morgan fingerprint density at radius 3 is 2.88 bits per heavy atom. The second kappa shape index (κ2) is 3.92. The molecule has 2 heterocycles. The van der Waals surface area contributed by atoms with Crippen LogP contribution in [0, 0.1) is 0 Å². The molecule has 1 aromatic heterocycles. The third-order valence-electron chi connectivity index (χ3n) is 2.81. The zero-order valence-corrected chi connectivity index (χ0v) is 8.95. The minimum atomic E-state index is 0.876. The highest BCUT2D eigenvalue weighted by Gasteiger charge is 2.19. The van der Waals surface area contributed by atoms with Gasteiger partial charge in [0, 0.05) is 19.6 Å². The van der Waals surface area contributed by atoms with Gasteiger partial charge >= 0.3 is 0 Å². The molecule has 1 aliphatic heterocycles. The van der Waals surface area contributed by atoms with Gasteiger partial charge in [-0.3, -0.25) is 0 Å². The SMILES string of the molecule is c1ccc(CN2CCCn3nnnc32)cc1. The average molecular weight is 215 g/mol. The second-order valence-corrected chi connectivity index (χ2v) is 3.96. The highest BCUT2D eigenvalue weighted by atomic mass is 15.6. The Hall–Kier alpha value is -1.91. The summed E-state index contributed by atoms with van der Waals surface area (Å²) in [5.41, 5.74) is 1.29. The number of hydrogen-bond donors (Lipinski definition) is 0. The number of aryl methyl sites for hydroxylation is 1. The summed E-state index contributed by atoms with van der Waals surface area (Å²) >= 11 is 0. The maximum Gasteiger partial charge on any atom is 0.245 e. The zero-order chi connectivity index (χ0) is 10.8. The number of hydrogen-bond acceptors (Lipinski definition) is 4. The summed E-state index contributed by atoms with van der Waals surface area (Å²) in [4.78, 5) is 2.22. The van der Waals surface area contributed by atoms with Gasteiger partial charge < -0.3 is 4.90 Å². The lowest BCUT2D eigenvalue weighted by Crippen LogP contribution is -2.32. The van der Waals surface area contributed by atoms with Crippen molar-refractivity contribution < 1.29 is 0 Å². The molecule has 0 amide bonds. The molecule has 0 fully saturated rings. The molecule has 0 unspecified atom stereocenters. The van der Waals surface area contributed by atoms with E-state index in [0.29, 0.717) is 0 Å². The second-order valence-electron chi connectivity index (χ2n) is 3.96. The first kappa shape index (κ1) is 9.33. The van der Waals surface area contributed by atoms with Gasteiger partial charge in [0.25, 0.3) is 0 Å².